The quantitative estimate of drug-likeness (QED) is 0.658. The van der Waals surface area contributed by atoms with Crippen molar-refractivity contribution in [2.75, 3.05) is 0 Å². The highest BCUT2D eigenvalue weighted by Gasteiger charge is 2.28. The number of hydrogen-bond donors (Lipinski definition) is 3. The van der Waals surface area contributed by atoms with Crippen molar-refractivity contribution in [1.82, 2.24) is 0 Å². The van der Waals surface area contributed by atoms with Gasteiger partial charge in [0.15, 0.2) is 0 Å². The van der Waals surface area contributed by atoms with Crippen molar-refractivity contribution in [3.05, 3.63) is 41.0 Å². The van der Waals surface area contributed by atoms with Crippen molar-refractivity contribution >= 4 is 16.7 Å². The Kier molecular flexibility index (Phi) is 2.26. The van der Waals surface area contributed by atoms with Gasteiger partial charge in [-0.15, -0.1) is 0 Å². The van der Waals surface area contributed by atoms with Crippen LogP contribution in [0.5, 0.6) is 5.75 Å². The van der Waals surface area contributed by atoms with Gasteiger partial charge in [-0.1, -0.05) is 12.1 Å². The second kappa shape index (κ2) is 3.69. The minimum atomic E-state index is -1.39. The number of rotatable bonds is 1. The summed E-state index contributed by atoms with van der Waals surface area (Å²) in [5.41, 5.74) is 0.981. The molecule has 0 amide bonds. The molecule has 1 aliphatic heterocycles. The van der Waals surface area contributed by atoms with Crippen molar-refractivity contribution in [3.63, 3.8) is 0 Å². The molecule has 3 rings (SSSR count). The lowest BCUT2D eigenvalue weighted by atomic mass is 9.93. The van der Waals surface area contributed by atoms with Crippen LogP contribution in [0.15, 0.2) is 24.3 Å². The average Bonchev–Trinajstić information content (AvgIpc) is 2.35. The number of aliphatic hydroxyl groups excluding tert-OH is 2. The molecule has 0 bridgehead atoms. The van der Waals surface area contributed by atoms with E-state index in [4.69, 9.17) is 4.74 Å². The Morgan fingerprint density at radius 3 is 2.83 bits per heavy atom. The topological polar surface area (TPSA) is 87.0 Å². The van der Waals surface area contributed by atoms with Crippen LogP contribution in [0.3, 0.4) is 0 Å². The zero-order valence-electron chi connectivity index (χ0n) is 9.25. The summed E-state index contributed by atoms with van der Waals surface area (Å²) in [6.45, 7) is -0.350. The number of aromatic hydroxyl groups is 1. The third-order valence-electron chi connectivity index (χ3n) is 3.14. The lowest BCUT2D eigenvalue weighted by Crippen LogP contribution is -2.18. The predicted octanol–water partition coefficient (Wildman–Crippen LogP) is 1.20. The molecule has 0 fully saturated rings. The molecule has 0 saturated heterocycles. The van der Waals surface area contributed by atoms with Crippen LogP contribution in [0.2, 0.25) is 0 Å². The Bertz CT molecular complexity index is 662. The van der Waals surface area contributed by atoms with Gasteiger partial charge in [0, 0.05) is 16.5 Å². The first-order valence-electron chi connectivity index (χ1n) is 5.41. The van der Waals surface area contributed by atoms with Gasteiger partial charge in [0.25, 0.3) is 0 Å². The molecule has 0 aliphatic carbocycles. The molecule has 0 spiro atoms. The summed E-state index contributed by atoms with van der Waals surface area (Å²) in [6.07, 6.45) is -1.39. The molecule has 2 aromatic rings. The van der Waals surface area contributed by atoms with Gasteiger partial charge in [-0.2, -0.15) is 0 Å². The van der Waals surface area contributed by atoms with Crippen molar-refractivity contribution < 1.29 is 24.9 Å². The number of cyclic esters (lactones) is 1. The molecule has 3 N–H and O–H groups in total. The van der Waals surface area contributed by atoms with Crippen molar-refractivity contribution in [3.8, 4) is 5.75 Å². The highest BCUT2D eigenvalue weighted by molar-refractivity contribution is 6.09. The highest BCUT2D eigenvalue weighted by atomic mass is 16.6. The first kappa shape index (κ1) is 11.0. The maximum Gasteiger partial charge on any atom is 0.341 e. The Morgan fingerprint density at radius 2 is 2.11 bits per heavy atom. The molecule has 1 aliphatic rings. The van der Waals surface area contributed by atoms with Crippen LogP contribution in [0, 0.1) is 0 Å². The lowest BCUT2D eigenvalue weighted by molar-refractivity contribution is -0.0687. The zero-order valence-corrected chi connectivity index (χ0v) is 9.25. The highest BCUT2D eigenvalue weighted by Crippen LogP contribution is 2.39. The van der Waals surface area contributed by atoms with E-state index >= 15 is 0 Å². The molecule has 92 valence electrons. The zero-order chi connectivity index (χ0) is 12.9. The normalized spacial score (nSPS) is 17.9. The molecule has 1 heterocycles. The van der Waals surface area contributed by atoms with Gasteiger partial charge in [0.05, 0.1) is 12.2 Å². The van der Waals surface area contributed by atoms with Gasteiger partial charge >= 0.3 is 5.97 Å². The largest absolute Gasteiger partial charge is 0.508 e. The van der Waals surface area contributed by atoms with Gasteiger partial charge in [-0.05, 0) is 17.5 Å². The van der Waals surface area contributed by atoms with E-state index < -0.39 is 12.3 Å². The third-order valence-corrected chi connectivity index (χ3v) is 3.14. The summed E-state index contributed by atoms with van der Waals surface area (Å²) in [6, 6.07) is 6.21. The number of phenols is 1. The summed E-state index contributed by atoms with van der Waals surface area (Å²) in [7, 11) is 0. The number of carbonyl (C=O) groups excluding carboxylic acids is 1. The van der Waals surface area contributed by atoms with E-state index in [0.29, 0.717) is 27.5 Å². The van der Waals surface area contributed by atoms with Gasteiger partial charge < -0.3 is 20.1 Å². The van der Waals surface area contributed by atoms with E-state index in [1.54, 1.807) is 18.2 Å². The van der Waals surface area contributed by atoms with E-state index in [1.807, 2.05) is 0 Å². The van der Waals surface area contributed by atoms with Crippen molar-refractivity contribution in [2.45, 2.75) is 12.9 Å². The van der Waals surface area contributed by atoms with E-state index in [2.05, 4.69) is 0 Å². The van der Waals surface area contributed by atoms with Gasteiger partial charge in [0.1, 0.15) is 5.75 Å². The lowest BCUT2D eigenvalue weighted by Gasteiger charge is -2.23. The third kappa shape index (κ3) is 1.32. The molecule has 0 aromatic heterocycles. The molecule has 5 nitrogen and oxygen atoms in total. The second-order valence-corrected chi connectivity index (χ2v) is 4.11. The first-order chi connectivity index (χ1) is 8.63. The van der Waals surface area contributed by atoms with Crippen LogP contribution in [0.4, 0.5) is 0 Å². The van der Waals surface area contributed by atoms with Crippen LogP contribution in [0.1, 0.15) is 27.8 Å². The standard InChI is InChI=1S/C13H10O5/c14-5-9-6-2-1-3-7-11(6)8(4-10(9)15)13(17)18-12(7)16/h1-4,13-15,17H,5H2. The Morgan fingerprint density at radius 1 is 1.33 bits per heavy atom. The van der Waals surface area contributed by atoms with E-state index in [0.717, 1.165) is 0 Å². The van der Waals surface area contributed by atoms with Crippen LogP contribution < -0.4 is 0 Å². The molecular weight excluding hydrogens is 236 g/mol. The number of carbonyl (C=O) groups is 1. The fourth-order valence-corrected chi connectivity index (χ4v) is 2.32. The van der Waals surface area contributed by atoms with Crippen molar-refractivity contribution in [1.29, 1.82) is 0 Å². The molecule has 2 aromatic carbocycles. The maximum atomic E-state index is 11.7. The molecule has 0 saturated carbocycles. The van der Waals surface area contributed by atoms with Crippen LogP contribution in [-0.2, 0) is 11.3 Å². The van der Waals surface area contributed by atoms with Crippen LogP contribution in [0.25, 0.3) is 10.8 Å². The number of aliphatic hydroxyl groups is 2. The van der Waals surface area contributed by atoms with E-state index in [1.165, 1.54) is 6.07 Å². The van der Waals surface area contributed by atoms with Gasteiger partial charge in [0.2, 0.25) is 6.29 Å². The summed E-state index contributed by atoms with van der Waals surface area (Å²) < 4.78 is 4.77. The number of esters is 1. The summed E-state index contributed by atoms with van der Waals surface area (Å²) >= 11 is 0. The van der Waals surface area contributed by atoms with Crippen molar-refractivity contribution in [2.24, 2.45) is 0 Å². The van der Waals surface area contributed by atoms with E-state index in [-0.39, 0.29) is 12.4 Å². The molecule has 1 atom stereocenters. The molecular formula is C13H10O5. The van der Waals surface area contributed by atoms with Crippen LogP contribution in [-0.4, -0.2) is 21.3 Å². The Balaban J connectivity index is 2.51. The van der Waals surface area contributed by atoms with E-state index in [9.17, 15) is 20.1 Å². The SMILES string of the molecule is O=C1OC(O)c2cc(O)c(CO)c3cccc1c23. The number of hydrogen-bond acceptors (Lipinski definition) is 5. The summed E-state index contributed by atoms with van der Waals surface area (Å²) in [5, 5.41) is 29.9. The molecule has 1 unspecified atom stereocenters. The van der Waals surface area contributed by atoms with Crippen LogP contribution >= 0.6 is 0 Å². The molecule has 5 heteroatoms. The Hall–Kier alpha value is -2.11. The fraction of sp³-hybridized carbons (Fsp3) is 0.154. The van der Waals surface area contributed by atoms with Gasteiger partial charge in [-0.3, -0.25) is 0 Å². The molecule has 18 heavy (non-hydrogen) atoms. The second-order valence-electron chi connectivity index (χ2n) is 4.11. The monoisotopic (exact) mass is 246 g/mol. The summed E-state index contributed by atoms with van der Waals surface area (Å²) in [4.78, 5) is 11.7. The number of ether oxygens (including phenoxy) is 1. The molecule has 0 radical (unpaired) electrons. The van der Waals surface area contributed by atoms with Gasteiger partial charge in [-0.25, -0.2) is 4.79 Å². The minimum Gasteiger partial charge on any atom is -0.508 e. The Labute approximate surface area is 102 Å². The minimum absolute atomic E-state index is 0.130. The maximum absolute atomic E-state index is 11.7. The predicted molar refractivity (Wildman–Crippen MR) is 61.9 cm³/mol. The smallest absolute Gasteiger partial charge is 0.341 e. The average molecular weight is 246 g/mol. The first-order valence-corrected chi connectivity index (χ1v) is 5.41. The number of benzene rings is 2. The fourth-order valence-electron chi connectivity index (χ4n) is 2.32. The summed E-state index contributed by atoms with van der Waals surface area (Å²) in [5.74, 6) is -0.746.